The minimum Gasteiger partial charge on any atom is -0.486 e. The number of nitrogens with one attached hydrogen (secondary N) is 1. The number of carbonyl (C=O) groups is 1. The molecular formula is C14H15ClN2O4. The molecule has 0 saturated carbocycles. The molecule has 1 atom stereocenters. The van der Waals surface area contributed by atoms with Crippen LogP contribution >= 0.6 is 11.6 Å². The van der Waals surface area contributed by atoms with Crippen LogP contribution < -0.4 is 10.1 Å². The summed E-state index contributed by atoms with van der Waals surface area (Å²) in [5.41, 5.74) is 0.629. The lowest BCUT2D eigenvalue weighted by molar-refractivity contribution is 0.0921. The van der Waals surface area contributed by atoms with Crippen LogP contribution in [0.5, 0.6) is 5.75 Å². The van der Waals surface area contributed by atoms with E-state index in [2.05, 4.69) is 15.0 Å². The van der Waals surface area contributed by atoms with E-state index in [0.29, 0.717) is 23.1 Å². The second-order valence-corrected chi connectivity index (χ2v) is 4.80. The molecule has 0 radical (unpaired) electrons. The molecule has 1 amide bonds. The molecule has 2 rings (SSSR count). The van der Waals surface area contributed by atoms with Crippen molar-refractivity contribution in [1.82, 2.24) is 5.16 Å². The lowest BCUT2D eigenvalue weighted by Crippen LogP contribution is -2.20. The summed E-state index contributed by atoms with van der Waals surface area (Å²) in [7, 11) is 1.59. The van der Waals surface area contributed by atoms with Gasteiger partial charge in [-0.05, 0) is 25.1 Å². The summed E-state index contributed by atoms with van der Waals surface area (Å²) < 4.78 is 15.4. The van der Waals surface area contributed by atoms with Crippen LogP contribution in [-0.4, -0.2) is 30.9 Å². The van der Waals surface area contributed by atoms with Crippen LogP contribution in [0.15, 0.2) is 35.1 Å². The fourth-order valence-electron chi connectivity index (χ4n) is 1.70. The fourth-order valence-corrected chi connectivity index (χ4v) is 1.88. The van der Waals surface area contributed by atoms with Crippen molar-refractivity contribution in [2.45, 2.75) is 13.0 Å². The number of methoxy groups -OCH3 is 1. The predicted octanol–water partition coefficient (Wildman–Crippen LogP) is 2.99. The molecular weight excluding hydrogens is 296 g/mol. The molecule has 1 heterocycles. The fraction of sp³-hybridized carbons (Fsp3) is 0.286. The zero-order valence-electron chi connectivity index (χ0n) is 11.6. The van der Waals surface area contributed by atoms with Crippen molar-refractivity contribution in [1.29, 1.82) is 0 Å². The quantitative estimate of drug-likeness (QED) is 0.888. The second kappa shape index (κ2) is 7.10. The highest BCUT2D eigenvalue weighted by atomic mass is 35.5. The van der Waals surface area contributed by atoms with Crippen LogP contribution in [-0.2, 0) is 4.74 Å². The highest BCUT2D eigenvalue weighted by molar-refractivity contribution is 6.31. The summed E-state index contributed by atoms with van der Waals surface area (Å²) in [5.74, 6) is 0.0936. The monoisotopic (exact) mass is 310 g/mol. The number of hydrogen-bond donors (Lipinski definition) is 1. The number of ether oxygens (including phenoxy) is 2. The Morgan fingerprint density at radius 3 is 2.95 bits per heavy atom. The summed E-state index contributed by atoms with van der Waals surface area (Å²) >= 11 is 5.96. The van der Waals surface area contributed by atoms with Crippen molar-refractivity contribution < 1.29 is 18.8 Å². The third kappa shape index (κ3) is 4.21. The van der Waals surface area contributed by atoms with E-state index in [0.717, 1.165) is 0 Å². The van der Waals surface area contributed by atoms with Gasteiger partial charge in [0.05, 0.1) is 12.3 Å². The first kappa shape index (κ1) is 15.3. The van der Waals surface area contributed by atoms with Gasteiger partial charge in [-0.1, -0.05) is 16.8 Å². The zero-order valence-corrected chi connectivity index (χ0v) is 12.4. The number of hydrogen-bond acceptors (Lipinski definition) is 5. The van der Waals surface area contributed by atoms with Crippen LogP contribution in [0.3, 0.4) is 0 Å². The highest BCUT2D eigenvalue weighted by Gasteiger charge is 2.14. The summed E-state index contributed by atoms with van der Waals surface area (Å²) in [5, 5.41) is 6.75. The van der Waals surface area contributed by atoms with Crippen LogP contribution in [0.25, 0.3) is 0 Å². The molecule has 1 N–H and O–H groups in total. The van der Waals surface area contributed by atoms with E-state index < -0.39 is 5.91 Å². The Labute approximate surface area is 127 Å². The van der Waals surface area contributed by atoms with E-state index in [1.807, 2.05) is 6.92 Å². The maximum atomic E-state index is 12.0. The van der Waals surface area contributed by atoms with Crippen LogP contribution in [0.4, 0.5) is 5.69 Å². The normalized spacial score (nSPS) is 12.0. The van der Waals surface area contributed by atoms with Gasteiger partial charge in [0.2, 0.25) is 0 Å². The number of anilines is 1. The molecule has 0 unspecified atom stereocenters. The molecule has 6 nitrogen and oxygen atoms in total. The molecule has 21 heavy (non-hydrogen) atoms. The van der Waals surface area contributed by atoms with Gasteiger partial charge in [0, 0.05) is 18.2 Å². The van der Waals surface area contributed by atoms with Crippen molar-refractivity contribution >= 4 is 23.2 Å². The maximum absolute atomic E-state index is 12.0. The van der Waals surface area contributed by atoms with Gasteiger partial charge >= 0.3 is 0 Å². The van der Waals surface area contributed by atoms with Crippen molar-refractivity contribution in [2.75, 3.05) is 19.0 Å². The Morgan fingerprint density at radius 2 is 2.29 bits per heavy atom. The number of nitrogens with zero attached hydrogens (tertiary/aromatic N) is 1. The van der Waals surface area contributed by atoms with E-state index in [4.69, 9.17) is 21.1 Å². The number of amides is 1. The van der Waals surface area contributed by atoms with E-state index in [1.165, 1.54) is 12.3 Å². The third-order valence-corrected chi connectivity index (χ3v) is 2.82. The predicted molar refractivity (Wildman–Crippen MR) is 77.9 cm³/mol. The minimum absolute atomic E-state index is 0.168. The van der Waals surface area contributed by atoms with Gasteiger partial charge in [-0.3, -0.25) is 4.79 Å². The number of rotatable bonds is 6. The maximum Gasteiger partial charge on any atom is 0.277 e. The van der Waals surface area contributed by atoms with Crippen molar-refractivity contribution in [3.8, 4) is 5.75 Å². The largest absolute Gasteiger partial charge is 0.486 e. The smallest absolute Gasteiger partial charge is 0.277 e. The average molecular weight is 311 g/mol. The SMILES string of the molecule is COC[C@@H](C)Oc1ccc(Cl)cc1NC(=O)c1ccon1. The van der Waals surface area contributed by atoms with Crippen LogP contribution in [0.2, 0.25) is 5.02 Å². The van der Waals surface area contributed by atoms with E-state index in [-0.39, 0.29) is 11.8 Å². The number of carbonyl (C=O) groups excluding carboxylic acids is 1. The summed E-state index contributed by atoms with van der Waals surface area (Å²) in [4.78, 5) is 12.0. The molecule has 7 heteroatoms. The first-order valence-electron chi connectivity index (χ1n) is 6.27. The molecule has 0 spiro atoms. The minimum atomic E-state index is -0.407. The lowest BCUT2D eigenvalue weighted by atomic mass is 10.2. The van der Waals surface area contributed by atoms with Gasteiger partial charge in [0.15, 0.2) is 5.69 Å². The number of benzene rings is 1. The Morgan fingerprint density at radius 1 is 1.48 bits per heavy atom. The van der Waals surface area contributed by atoms with Crippen molar-refractivity contribution in [3.63, 3.8) is 0 Å². The Kier molecular flexibility index (Phi) is 5.19. The number of aromatic nitrogens is 1. The van der Waals surface area contributed by atoms with E-state index in [9.17, 15) is 4.79 Å². The molecule has 0 saturated heterocycles. The van der Waals surface area contributed by atoms with Crippen molar-refractivity contribution in [2.24, 2.45) is 0 Å². The Balaban J connectivity index is 2.17. The van der Waals surface area contributed by atoms with Gasteiger partial charge in [-0.15, -0.1) is 0 Å². The molecule has 0 bridgehead atoms. The van der Waals surface area contributed by atoms with Crippen molar-refractivity contribution in [3.05, 3.63) is 41.2 Å². The lowest BCUT2D eigenvalue weighted by Gasteiger charge is -2.17. The first-order valence-corrected chi connectivity index (χ1v) is 6.65. The van der Waals surface area contributed by atoms with E-state index in [1.54, 1.807) is 25.3 Å². The Hall–Kier alpha value is -2.05. The number of halogens is 1. The first-order chi connectivity index (χ1) is 10.1. The topological polar surface area (TPSA) is 73.6 Å². The molecule has 1 aromatic carbocycles. The van der Waals surface area contributed by atoms with E-state index >= 15 is 0 Å². The Bertz CT molecular complexity index is 601. The molecule has 112 valence electrons. The molecule has 0 aliphatic carbocycles. The average Bonchev–Trinajstić information content (AvgIpc) is 2.96. The zero-order chi connectivity index (χ0) is 15.2. The van der Waals surface area contributed by atoms with Gasteiger partial charge in [-0.2, -0.15) is 0 Å². The molecule has 0 aliphatic rings. The second-order valence-electron chi connectivity index (χ2n) is 4.36. The summed E-state index contributed by atoms with van der Waals surface area (Å²) in [6, 6.07) is 6.44. The summed E-state index contributed by atoms with van der Waals surface area (Å²) in [6.07, 6.45) is 1.16. The van der Waals surface area contributed by atoms with Gasteiger partial charge in [0.25, 0.3) is 5.91 Å². The standard InChI is InChI=1S/C14H15ClN2O4/c1-9(8-19-2)21-13-4-3-10(15)7-12(13)16-14(18)11-5-6-20-17-11/h3-7,9H,8H2,1-2H3,(H,16,18)/t9-/m1/s1. The third-order valence-electron chi connectivity index (χ3n) is 2.59. The molecule has 0 aliphatic heterocycles. The summed E-state index contributed by atoms with van der Waals surface area (Å²) in [6.45, 7) is 2.29. The van der Waals surface area contributed by atoms with Gasteiger partial charge in [0.1, 0.15) is 18.1 Å². The van der Waals surface area contributed by atoms with Crippen LogP contribution in [0.1, 0.15) is 17.4 Å². The highest BCUT2D eigenvalue weighted by Crippen LogP contribution is 2.29. The molecule has 0 fully saturated rings. The molecule has 2 aromatic rings. The van der Waals surface area contributed by atoms with Gasteiger partial charge < -0.3 is 19.3 Å². The molecule has 1 aromatic heterocycles. The van der Waals surface area contributed by atoms with Crippen LogP contribution in [0, 0.1) is 0 Å². The van der Waals surface area contributed by atoms with Gasteiger partial charge in [-0.25, -0.2) is 0 Å².